The number of benzene rings is 1. The van der Waals surface area contributed by atoms with Gasteiger partial charge in [0.05, 0.1) is 4.88 Å². The summed E-state index contributed by atoms with van der Waals surface area (Å²) in [6.45, 7) is 5.33. The van der Waals surface area contributed by atoms with Crippen LogP contribution in [0.2, 0.25) is 0 Å². The average Bonchev–Trinajstić information content (AvgIpc) is 3.18. The first kappa shape index (κ1) is 19.2. The molecule has 5 heteroatoms. The fraction of sp³-hybridized carbons (Fsp3) is 0.400. The van der Waals surface area contributed by atoms with Gasteiger partial charge in [0.1, 0.15) is 0 Å². The number of nitrogens with one attached hydrogen (secondary N) is 1. The maximum Gasteiger partial charge on any atom is 0.261 e. The van der Waals surface area contributed by atoms with Crippen LogP contribution < -0.4 is 5.32 Å². The number of thiophene rings is 1. The van der Waals surface area contributed by atoms with Crippen LogP contribution >= 0.6 is 11.3 Å². The van der Waals surface area contributed by atoms with Gasteiger partial charge >= 0.3 is 0 Å². The summed E-state index contributed by atoms with van der Waals surface area (Å²) in [6.07, 6.45) is 2.02. The first-order valence-corrected chi connectivity index (χ1v) is 9.65. The Kier molecular flexibility index (Phi) is 7.67. The van der Waals surface area contributed by atoms with Crippen LogP contribution in [0.5, 0.6) is 0 Å². The van der Waals surface area contributed by atoms with Gasteiger partial charge in [0, 0.05) is 25.6 Å². The molecule has 1 atom stereocenters. The molecule has 1 unspecified atom stereocenters. The Bertz CT molecular complexity index is 656. The van der Waals surface area contributed by atoms with E-state index in [-0.39, 0.29) is 17.9 Å². The Morgan fingerprint density at radius 1 is 1.16 bits per heavy atom. The Morgan fingerprint density at radius 2 is 1.92 bits per heavy atom. The number of carbonyl (C=O) groups excluding carboxylic acids is 2. The molecular formula is C20H26N2O2S. The Balaban J connectivity index is 1.81. The van der Waals surface area contributed by atoms with Crippen molar-refractivity contribution in [3.05, 3.63) is 58.3 Å². The van der Waals surface area contributed by atoms with Crippen molar-refractivity contribution in [2.45, 2.75) is 45.7 Å². The Morgan fingerprint density at radius 3 is 2.56 bits per heavy atom. The molecule has 2 aromatic rings. The lowest BCUT2D eigenvalue weighted by Crippen LogP contribution is -2.38. The highest BCUT2D eigenvalue weighted by Gasteiger charge is 2.18. The van der Waals surface area contributed by atoms with Gasteiger partial charge in [-0.05, 0) is 36.8 Å². The average molecular weight is 359 g/mol. The molecule has 2 amide bonds. The van der Waals surface area contributed by atoms with E-state index in [0.29, 0.717) is 30.8 Å². The molecule has 0 aliphatic rings. The second kappa shape index (κ2) is 9.99. The van der Waals surface area contributed by atoms with Gasteiger partial charge in [0.2, 0.25) is 5.91 Å². The minimum atomic E-state index is -0.0643. The summed E-state index contributed by atoms with van der Waals surface area (Å²) in [6, 6.07) is 13.9. The summed E-state index contributed by atoms with van der Waals surface area (Å²) in [4.78, 5) is 27.2. The molecule has 2 rings (SSSR count). The normalized spacial score (nSPS) is 11.8. The van der Waals surface area contributed by atoms with Crippen LogP contribution in [0.15, 0.2) is 47.8 Å². The second-order valence-corrected chi connectivity index (χ2v) is 7.05. The van der Waals surface area contributed by atoms with Gasteiger partial charge in [0.15, 0.2) is 0 Å². The van der Waals surface area contributed by atoms with Crippen LogP contribution in [-0.4, -0.2) is 29.3 Å². The molecule has 0 saturated heterocycles. The molecule has 1 aromatic heterocycles. The quantitative estimate of drug-likeness (QED) is 0.687. The molecule has 0 bridgehead atoms. The van der Waals surface area contributed by atoms with Gasteiger partial charge in [-0.25, -0.2) is 0 Å². The van der Waals surface area contributed by atoms with Crippen LogP contribution in [-0.2, 0) is 11.3 Å². The molecule has 25 heavy (non-hydrogen) atoms. The van der Waals surface area contributed by atoms with Gasteiger partial charge in [0.25, 0.3) is 5.91 Å². The summed E-state index contributed by atoms with van der Waals surface area (Å²) in [5.74, 6) is 0.0779. The molecule has 0 saturated carbocycles. The van der Waals surface area contributed by atoms with Crippen molar-refractivity contribution in [1.29, 1.82) is 0 Å². The van der Waals surface area contributed by atoms with Gasteiger partial charge in [-0.15, -0.1) is 11.3 Å². The fourth-order valence-electron chi connectivity index (χ4n) is 2.57. The van der Waals surface area contributed by atoms with E-state index in [1.54, 1.807) is 6.07 Å². The standard InChI is InChI=1S/C20H26N2O2S/c1-3-16(2)22(15-17-9-5-4-6-10-17)19(23)12-7-13-21-20(24)18-11-8-14-25-18/h4-6,8-11,14,16H,3,7,12-13,15H2,1-2H3,(H,21,24). The highest BCUT2D eigenvalue weighted by Crippen LogP contribution is 2.13. The van der Waals surface area contributed by atoms with E-state index in [2.05, 4.69) is 19.2 Å². The monoisotopic (exact) mass is 358 g/mol. The van der Waals surface area contributed by atoms with Crippen molar-refractivity contribution >= 4 is 23.2 Å². The van der Waals surface area contributed by atoms with E-state index in [1.807, 2.05) is 46.7 Å². The zero-order valence-electron chi connectivity index (χ0n) is 14.9. The lowest BCUT2D eigenvalue weighted by molar-refractivity contribution is -0.134. The zero-order valence-corrected chi connectivity index (χ0v) is 15.7. The fourth-order valence-corrected chi connectivity index (χ4v) is 3.21. The van der Waals surface area contributed by atoms with Gasteiger partial charge < -0.3 is 10.2 Å². The van der Waals surface area contributed by atoms with Crippen LogP contribution in [0.3, 0.4) is 0 Å². The maximum atomic E-state index is 12.6. The molecule has 1 N–H and O–H groups in total. The van der Waals surface area contributed by atoms with Crippen molar-refractivity contribution < 1.29 is 9.59 Å². The van der Waals surface area contributed by atoms with E-state index >= 15 is 0 Å². The molecule has 1 heterocycles. The summed E-state index contributed by atoms with van der Waals surface area (Å²) < 4.78 is 0. The van der Waals surface area contributed by atoms with Gasteiger partial charge in [-0.3, -0.25) is 9.59 Å². The van der Waals surface area contributed by atoms with Crippen LogP contribution in [0, 0.1) is 0 Å². The molecular weight excluding hydrogens is 332 g/mol. The predicted octanol–water partition coefficient (Wildman–Crippen LogP) is 4.09. The van der Waals surface area contributed by atoms with Crippen LogP contribution in [0.4, 0.5) is 0 Å². The highest BCUT2D eigenvalue weighted by atomic mass is 32.1. The lowest BCUT2D eigenvalue weighted by atomic mass is 10.1. The molecule has 1 aromatic carbocycles. The number of nitrogens with zero attached hydrogens (tertiary/aromatic N) is 1. The zero-order chi connectivity index (χ0) is 18.1. The van der Waals surface area contributed by atoms with Crippen molar-refractivity contribution in [1.82, 2.24) is 10.2 Å². The molecule has 4 nitrogen and oxygen atoms in total. The molecule has 0 aliphatic carbocycles. The van der Waals surface area contributed by atoms with Gasteiger partial charge in [-0.2, -0.15) is 0 Å². The van der Waals surface area contributed by atoms with Crippen LogP contribution in [0.25, 0.3) is 0 Å². The Hall–Kier alpha value is -2.14. The number of hydrogen-bond donors (Lipinski definition) is 1. The minimum Gasteiger partial charge on any atom is -0.351 e. The largest absolute Gasteiger partial charge is 0.351 e. The first-order valence-electron chi connectivity index (χ1n) is 8.77. The summed E-state index contributed by atoms with van der Waals surface area (Å²) >= 11 is 1.42. The lowest BCUT2D eigenvalue weighted by Gasteiger charge is -2.29. The number of hydrogen-bond acceptors (Lipinski definition) is 3. The van der Waals surface area contributed by atoms with Crippen LogP contribution in [0.1, 0.15) is 48.3 Å². The number of carbonyl (C=O) groups is 2. The summed E-state index contributed by atoms with van der Waals surface area (Å²) in [5, 5.41) is 4.75. The van der Waals surface area contributed by atoms with E-state index < -0.39 is 0 Å². The molecule has 0 fully saturated rings. The third kappa shape index (κ3) is 6.02. The SMILES string of the molecule is CCC(C)N(Cc1ccccc1)C(=O)CCCNC(=O)c1cccs1. The summed E-state index contributed by atoms with van der Waals surface area (Å²) in [5.41, 5.74) is 1.14. The number of amides is 2. The third-order valence-corrected chi connectivity index (χ3v) is 5.11. The van der Waals surface area contributed by atoms with E-state index in [9.17, 15) is 9.59 Å². The smallest absolute Gasteiger partial charge is 0.261 e. The van der Waals surface area contributed by atoms with Crippen molar-refractivity contribution in [2.24, 2.45) is 0 Å². The summed E-state index contributed by atoms with van der Waals surface area (Å²) in [7, 11) is 0. The number of rotatable bonds is 9. The van der Waals surface area contributed by atoms with E-state index in [4.69, 9.17) is 0 Å². The minimum absolute atomic E-state index is 0.0643. The van der Waals surface area contributed by atoms with Gasteiger partial charge in [-0.1, -0.05) is 43.3 Å². The predicted molar refractivity (Wildman–Crippen MR) is 103 cm³/mol. The van der Waals surface area contributed by atoms with Crippen molar-refractivity contribution in [2.75, 3.05) is 6.54 Å². The van der Waals surface area contributed by atoms with Crippen molar-refractivity contribution in [3.8, 4) is 0 Å². The van der Waals surface area contributed by atoms with E-state index in [1.165, 1.54) is 11.3 Å². The molecule has 0 spiro atoms. The maximum absolute atomic E-state index is 12.6. The molecule has 134 valence electrons. The topological polar surface area (TPSA) is 49.4 Å². The second-order valence-electron chi connectivity index (χ2n) is 6.10. The highest BCUT2D eigenvalue weighted by molar-refractivity contribution is 7.12. The first-order chi connectivity index (χ1) is 12.1. The third-order valence-electron chi connectivity index (χ3n) is 4.24. The van der Waals surface area contributed by atoms with Crippen molar-refractivity contribution in [3.63, 3.8) is 0 Å². The Labute approximate surface area is 153 Å². The van der Waals surface area contributed by atoms with E-state index in [0.717, 1.165) is 12.0 Å². The molecule has 0 aliphatic heterocycles. The molecule has 0 radical (unpaired) electrons.